The van der Waals surface area contributed by atoms with Crippen LogP contribution in [-0.2, 0) is 6.54 Å². The largest absolute Gasteiger partial charge is 0.347 e. The zero-order valence-corrected chi connectivity index (χ0v) is 14.6. The van der Waals surface area contributed by atoms with Crippen LogP contribution in [0, 0.1) is 19.7 Å². The van der Waals surface area contributed by atoms with E-state index in [4.69, 9.17) is 0 Å². The first-order valence-electron chi connectivity index (χ1n) is 8.22. The van der Waals surface area contributed by atoms with E-state index in [0.29, 0.717) is 12.5 Å². The molecular formula is C20H19FN4O. The highest BCUT2D eigenvalue weighted by atomic mass is 19.1. The minimum atomic E-state index is -0.318. The van der Waals surface area contributed by atoms with Crippen molar-refractivity contribution in [2.24, 2.45) is 0 Å². The molecule has 0 bridgehead atoms. The Morgan fingerprint density at radius 3 is 2.42 bits per heavy atom. The van der Waals surface area contributed by atoms with Crippen molar-refractivity contribution in [2.45, 2.75) is 20.4 Å². The SMILES string of the molecule is Cc1cccc(C)c1Nc1nccc(C(=O)NCc2ccc(F)cc2)n1. The summed E-state index contributed by atoms with van der Waals surface area (Å²) in [6, 6.07) is 13.5. The smallest absolute Gasteiger partial charge is 0.270 e. The van der Waals surface area contributed by atoms with Crippen LogP contribution in [0.1, 0.15) is 27.2 Å². The normalized spacial score (nSPS) is 10.4. The number of para-hydroxylation sites is 1. The van der Waals surface area contributed by atoms with E-state index >= 15 is 0 Å². The van der Waals surface area contributed by atoms with Crippen molar-refractivity contribution in [3.8, 4) is 0 Å². The first-order valence-corrected chi connectivity index (χ1v) is 8.22. The van der Waals surface area contributed by atoms with Gasteiger partial charge < -0.3 is 10.6 Å². The average molecular weight is 350 g/mol. The Bertz CT molecular complexity index is 905. The van der Waals surface area contributed by atoms with Crippen molar-refractivity contribution in [1.82, 2.24) is 15.3 Å². The van der Waals surface area contributed by atoms with Gasteiger partial charge in [-0.05, 0) is 48.7 Å². The molecule has 0 saturated carbocycles. The van der Waals surface area contributed by atoms with E-state index in [-0.39, 0.29) is 17.4 Å². The summed E-state index contributed by atoms with van der Waals surface area (Å²) in [4.78, 5) is 20.8. The van der Waals surface area contributed by atoms with E-state index in [9.17, 15) is 9.18 Å². The Labute approximate surface area is 151 Å². The van der Waals surface area contributed by atoms with E-state index < -0.39 is 0 Å². The summed E-state index contributed by atoms with van der Waals surface area (Å²) in [6.45, 7) is 4.28. The molecule has 0 atom stereocenters. The van der Waals surface area contributed by atoms with Gasteiger partial charge in [0.15, 0.2) is 0 Å². The molecule has 0 radical (unpaired) electrons. The Balaban J connectivity index is 1.70. The highest BCUT2D eigenvalue weighted by Gasteiger charge is 2.10. The van der Waals surface area contributed by atoms with E-state index in [2.05, 4.69) is 20.6 Å². The monoisotopic (exact) mass is 350 g/mol. The lowest BCUT2D eigenvalue weighted by atomic mass is 10.1. The van der Waals surface area contributed by atoms with Gasteiger partial charge in [-0.1, -0.05) is 30.3 Å². The number of hydrogen-bond acceptors (Lipinski definition) is 4. The van der Waals surface area contributed by atoms with Crippen LogP contribution in [0.5, 0.6) is 0 Å². The molecule has 26 heavy (non-hydrogen) atoms. The first kappa shape index (κ1) is 17.5. The maximum absolute atomic E-state index is 12.9. The predicted octanol–water partition coefficient (Wildman–Crippen LogP) is 3.91. The van der Waals surface area contributed by atoms with Crippen LogP contribution < -0.4 is 10.6 Å². The Morgan fingerprint density at radius 1 is 1.04 bits per heavy atom. The van der Waals surface area contributed by atoms with Crippen molar-refractivity contribution in [1.29, 1.82) is 0 Å². The maximum Gasteiger partial charge on any atom is 0.270 e. The number of benzene rings is 2. The number of halogens is 1. The van der Waals surface area contributed by atoms with Crippen molar-refractivity contribution in [3.05, 3.63) is 82.9 Å². The summed E-state index contributed by atoms with van der Waals surface area (Å²) in [5.74, 6) is -0.267. The van der Waals surface area contributed by atoms with E-state index in [1.54, 1.807) is 18.2 Å². The fraction of sp³-hybridized carbons (Fsp3) is 0.150. The molecule has 132 valence electrons. The van der Waals surface area contributed by atoms with Gasteiger partial charge >= 0.3 is 0 Å². The second kappa shape index (κ2) is 7.74. The molecule has 3 rings (SSSR count). The number of hydrogen-bond donors (Lipinski definition) is 2. The summed E-state index contributed by atoms with van der Waals surface area (Å²) < 4.78 is 12.9. The minimum absolute atomic E-state index is 0.260. The molecule has 3 aromatic rings. The number of aromatic nitrogens is 2. The average Bonchev–Trinajstić information content (AvgIpc) is 2.64. The molecule has 2 aromatic carbocycles. The van der Waals surface area contributed by atoms with Crippen LogP contribution in [0.4, 0.5) is 16.0 Å². The number of aryl methyl sites for hydroxylation is 2. The summed E-state index contributed by atoms with van der Waals surface area (Å²) in [5, 5.41) is 5.94. The highest BCUT2D eigenvalue weighted by Crippen LogP contribution is 2.22. The number of carbonyl (C=O) groups is 1. The van der Waals surface area contributed by atoms with Gasteiger partial charge in [0.1, 0.15) is 11.5 Å². The van der Waals surface area contributed by atoms with Crippen LogP contribution in [0.25, 0.3) is 0 Å². The Morgan fingerprint density at radius 2 is 1.73 bits per heavy atom. The second-order valence-corrected chi connectivity index (χ2v) is 5.97. The summed E-state index contributed by atoms with van der Waals surface area (Å²) in [6.07, 6.45) is 1.54. The lowest BCUT2D eigenvalue weighted by molar-refractivity contribution is 0.0946. The van der Waals surface area contributed by atoms with Gasteiger partial charge in [0.25, 0.3) is 5.91 Å². The molecule has 0 fully saturated rings. The third-order valence-electron chi connectivity index (χ3n) is 3.97. The molecule has 0 spiro atoms. The predicted molar refractivity (Wildman–Crippen MR) is 98.8 cm³/mol. The number of carbonyl (C=O) groups excluding carboxylic acids is 1. The van der Waals surface area contributed by atoms with Crippen molar-refractivity contribution >= 4 is 17.5 Å². The first-order chi connectivity index (χ1) is 12.5. The van der Waals surface area contributed by atoms with E-state index in [1.165, 1.54) is 18.3 Å². The lowest BCUT2D eigenvalue weighted by Gasteiger charge is -2.12. The van der Waals surface area contributed by atoms with E-state index in [0.717, 1.165) is 22.4 Å². The highest BCUT2D eigenvalue weighted by molar-refractivity contribution is 5.92. The molecule has 2 N–H and O–H groups in total. The Kier molecular flexibility index (Phi) is 5.22. The van der Waals surface area contributed by atoms with Crippen LogP contribution >= 0.6 is 0 Å². The number of rotatable bonds is 5. The summed E-state index contributed by atoms with van der Waals surface area (Å²) in [5.41, 5.74) is 4.13. The van der Waals surface area contributed by atoms with Gasteiger partial charge in [-0.2, -0.15) is 0 Å². The molecule has 0 aliphatic rings. The van der Waals surface area contributed by atoms with Crippen LogP contribution in [0.2, 0.25) is 0 Å². The minimum Gasteiger partial charge on any atom is -0.347 e. The van der Waals surface area contributed by atoms with Gasteiger partial charge in [0, 0.05) is 18.4 Å². The molecule has 0 aliphatic carbocycles. The molecule has 6 heteroatoms. The number of nitrogens with zero attached hydrogens (tertiary/aromatic N) is 2. The maximum atomic E-state index is 12.9. The quantitative estimate of drug-likeness (QED) is 0.732. The molecule has 1 heterocycles. The molecule has 0 aliphatic heterocycles. The molecule has 1 amide bonds. The Hall–Kier alpha value is -3.28. The molecular weight excluding hydrogens is 331 g/mol. The van der Waals surface area contributed by atoms with Gasteiger partial charge in [-0.25, -0.2) is 14.4 Å². The lowest BCUT2D eigenvalue weighted by Crippen LogP contribution is -2.24. The van der Waals surface area contributed by atoms with Crippen LogP contribution in [-0.4, -0.2) is 15.9 Å². The third kappa shape index (κ3) is 4.22. The van der Waals surface area contributed by atoms with Gasteiger partial charge in [0.05, 0.1) is 0 Å². The van der Waals surface area contributed by atoms with Gasteiger partial charge in [0.2, 0.25) is 5.95 Å². The third-order valence-corrected chi connectivity index (χ3v) is 3.97. The molecule has 5 nitrogen and oxygen atoms in total. The van der Waals surface area contributed by atoms with Crippen molar-refractivity contribution in [2.75, 3.05) is 5.32 Å². The topological polar surface area (TPSA) is 66.9 Å². The number of anilines is 2. The van der Waals surface area contributed by atoms with Crippen molar-refractivity contribution in [3.63, 3.8) is 0 Å². The van der Waals surface area contributed by atoms with E-state index in [1.807, 2.05) is 32.0 Å². The fourth-order valence-corrected chi connectivity index (χ4v) is 2.54. The standard InChI is InChI=1S/C20H19FN4O/c1-13-4-3-5-14(2)18(13)25-20-22-11-10-17(24-20)19(26)23-12-15-6-8-16(21)9-7-15/h3-11H,12H2,1-2H3,(H,23,26)(H,22,24,25). The molecule has 0 unspecified atom stereocenters. The zero-order chi connectivity index (χ0) is 18.5. The van der Waals surface area contributed by atoms with Gasteiger partial charge in [-0.15, -0.1) is 0 Å². The fourth-order valence-electron chi connectivity index (χ4n) is 2.54. The second-order valence-electron chi connectivity index (χ2n) is 5.97. The molecule has 1 aromatic heterocycles. The zero-order valence-electron chi connectivity index (χ0n) is 14.6. The van der Waals surface area contributed by atoms with Gasteiger partial charge in [-0.3, -0.25) is 4.79 Å². The summed E-state index contributed by atoms with van der Waals surface area (Å²) >= 11 is 0. The van der Waals surface area contributed by atoms with Crippen LogP contribution in [0.15, 0.2) is 54.7 Å². The summed E-state index contributed by atoms with van der Waals surface area (Å²) in [7, 11) is 0. The number of nitrogens with one attached hydrogen (secondary N) is 2. The molecule has 0 saturated heterocycles. The van der Waals surface area contributed by atoms with Crippen LogP contribution in [0.3, 0.4) is 0 Å². The number of amides is 1. The van der Waals surface area contributed by atoms with Crippen molar-refractivity contribution < 1.29 is 9.18 Å².